The quantitative estimate of drug-likeness (QED) is 0.238. The second kappa shape index (κ2) is 12.9. The van der Waals surface area contributed by atoms with Gasteiger partial charge in [-0.25, -0.2) is 4.98 Å². The number of aliphatic carboxylic acids is 1. The standard InChI is InChI=1S/C26H29ClF3N3O5/c1-4-33-19(8-10-24(34)35)13-23(32-33)36-11-5-6-17-7-9-20(37-16(2)3)14-22(17)38-25-21(27)12-18(15-31-25)26(28,29)30/h7,9,12-16H,4-6,8,10-11H2,1-3H3,(H,34,35). The van der Waals surface area contributed by atoms with Crippen LogP contribution in [0.15, 0.2) is 36.5 Å². The lowest BCUT2D eigenvalue weighted by molar-refractivity contribution is -0.138. The zero-order chi connectivity index (χ0) is 27.9. The molecule has 0 saturated carbocycles. The van der Waals surface area contributed by atoms with E-state index in [2.05, 4.69) is 10.1 Å². The van der Waals surface area contributed by atoms with Crippen LogP contribution < -0.4 is 14.2 Å². The Bertz CT molecular complexity index is 1250. The highest BCUT2D eigenvalue weighted by Crippen LogP contribution is 2.36. The molecule has 0 bridgehead atoms. The minimum atomic E-state index is -4.57. The van der Waals surface area contributed by atoms with E-state index in [1.807, 2.05) is 20.8 Å². The minimum Gasteiger partial charge on any atom is -0.491 e. The van der Waals surface area contributed by atoms with Gasteiger partial charge in [0.15, 0.2) is 0 Å². The highest BCUT2D eigenvalue weighted by Gasteiger charge is 2.32. The van der Waals surface area contributed by atoms with E-state index >= 15 is 0 Å². The molecule has 12 heteroatoms. The van der Waals surface area contributed by atoms with Gasteiger partial charge in [0.25, 0.3) is 0 Å². The Morgan fingerprint density at radius 1 is 1.18 bits per heavy atom. The number of hydrogen-bond donors (Lipinski definition) is 1. The Morgan fingerprint density at radius 3 is 2.58 bits per heavy atom. The molecule has 2 heterocycles. The topological polar surface area (TPSA) is 95.7 Å². The van der Waals surface area contributed by atoms with Crippen LogP contribution in [0.2, 0.25) is 5.02 Å². The van der Waals surface area contributed by atoms with E-state index < -0.39 is 17.7 Å². The van der Waals surface area contributed by atoms with Gasteiger partial charge in [-0.3, -0.25) is 9.48 Å². The number of benzene rings is 1. The Kier molecular flexibility index (Phi) is 9.84. The van der Waals surface area contributed by atoms with Crippen molar-refractivity contribution in [2.24, 2.45) is 0 Å². The molecule has 0 saturated heterocycles. The third-order valence-electron chi connectivity index (χ3n) is 5.33. The molecule has 2 aromatic heterocycles. The number of rotatable bonds is 13. The smallest absolute Gasteiger partial charge is 0.417 e. The third-order valence-corrected chi connectivity index (χ3v) is 5.60. The molecule has 0 spiro atoms. The molecule has 1 N–H and O–H groups in total. The van der Waals surface area contributed by atoms with E-state index in [1.54, 1.807) is 28.9 Å². The van der Waals surface area contributed by atoms with E-state index in [-0.39, 0.29) is 23.4 Å². The molecule has 3 rings (SSSR count). The fraction of sp³-hybridized carbons (Fsp3) is 0.423. The van der Waals surface area contributed by atoms with Crippen molar-refractivity contribution in [2.45, 2.75) is 65.3 Å². The number of aromatic nitrogens is 3. The second-order valence-electron chi connectivity index (χ2n) is 8.68. The molecule has 0 amide bonds. The minimum absolute atomic E-state index is 0.00222. The van der Waals surface area contributed by atoms with Gasteiger partial charge < -0.3 is 19.3 Å². The highest BCUT2D eigenvalue weighted by molar-refractivity contribution is 6.31. The number of halogens is 4. The molecule has 38 heavy (non-hydrogen) atoms. The molecule has 0 atom stereocenters. The van der Waals surface area contributed by atoms with Gasteiger partial charge in [0.05, 0.1) is 24.7 Å². The van der Waals surface area contributed by atoms with Gasteiger partial charge in [-0.05, 0) is 57.7 Å². The van der Waals surface area contributed by atoms with E-state index in [9.17, 15) is 18.0 Å². The van der Waals surface area contributed by atoms with Crippen LogP contribution in [0, 0.1) is 0 Å². The largest absolute Gasteiger partial charge is 0.491 e. The zero-order valence-corrected chi connectivity index (χ0v) is 22.0. The first-order valence-corrected chi connectivity index (χ1v) is 12.5. The number of ether oxygens (including phenoxy) is 3. The number of carboxylic acids is 1. The van der Waals surface area contributed by atoms with Crippen LogP contribution in [0.4, 0.5) is 13.2 Å². The first kappa shape index (κ1) is 29.1. The Labute approximate surface area is 223 Å². The van der Waals surface area contributed by atoms with Crippen molar-refractivity contribution in [3.63, 3.8) is 0 Å². The van der Waals surface area contributed by atoms with Gasteiger partial charge in [-0.2, -0.15) is 13.2 Å². The van der Waals surface area contributed by atoms with Gasteiger partial charge in [-0.1, -0.05) is 17.7 Å². The molecule has 0 aliphatic heterocycles. The maximum Gasteiger partial charge on any atom is 0.417 e. The molecule has 1 aromatic carbocycles. The van der Waals surface area contributed by atoms with E-state index in [0.717, 1.165) is 17.3 Å². The molecule has 0 unspecified atom stereocenters. The molecule has 0 aliphatic rings. The molecular weight excluding hydrogens is 527 g/mol. The summed E-state index contributed by atoms with van der Waals surface area (Å²) in [6.07, 6.45) is -2.57. The number of pyridine rings is 1. The Morgan fingerprint density at radius 2 is 1.95 bits per heavy atom. The maximum absolute atomic E-state index is 13.0. The van der Waals surface area contributed by atoms with Crippen LogP contribution in [-0.4, -0.2) is 38.6 Å². The van der Waals surface area contributed by atoms with Crippen molar-refractivity contribution >= 4 is 17.6 Å². The fourth-order valence-electron chi connectivity index (χ4n) is 3.59. The SMILES string of the molecule is CCn1nc(OCCCc2ccc(OC(C)C)cc2Oc2ncc(C(F)(F)F)cc2Cl)cc1CCC(=O)O. The first-order chi connectivity index (χ1) is 18.0. The summed E-state index contributed by atoms with van der Waals surface area (Å²) in [7, 11) is 0. The number of alkyl halides is 3. The summed E-state index contributed by atoms with van der Waals surface area (Å²) < 4.78 is 58.0. The average Bonchev–Trinajstić information content (AvgIpc) is 3.24. The van der Waals surface area contributed by atoms with E-state index in [0.29, 0.717) is 56.0 Å². The molecular formula is C26H29ClF3N3O5. The Hall–Kier alpha value is -3.47. The van der Waals surface area contributed by atoms with Gasteiger partial charge in [0.1, 0.15) is 16.5 Å². The van der Waals surface area contributed by atoms with E-state index in [1.165, 1.54) is 0 Å². The maximum atomic E-state index is 13.0. The van der Waals surface area contributed by atoms with Crippen LogP contribution in [-0.2, 0) is 30.4 Å². The molecule has 3 aromatic rings. The first-order valence-electron chi connectivity index (χ1n) is 12.1. The van der Waals surface area contributed by atoms with Crippen LogP contribution >= 0.6 is 11.6 Å². The summed E-state index contributed by atoms with van der Waals surface area (Å²) >= 11 is 6.04. The van der Waals surface area contributed by atoms with Crippen molar-refractivity contribution in [3.05, 3.63) is 58.4 Å². The number of carboxylic acid groups (broad SMARTS) is 1. The van der Waals surface area contributed by atoms with Crippen molar-refractivity contribution < 1.29 is 37.3 Å². The van der Waals surface area contributed by atoms with E-state index in [4.69, 9.17) is 30.9 Å². The van der Waals surface area contributed by atoms with Crippen LogP contribution in [0.5, 0.6) is 23.3 Å². The Balaban J connectivity index is 1.70. The van der Waals surface area contributed by atoms with Gasteiger partial charge in [-0.15, -0.1) is 5.10 Å². The number of aryl methyl sites for hydroxylation is 3. The summed E-state index contributed by atoms with van der Waals surface area (Å²) in [4.78, 5) is 14.6. The predicted molar refractivity (Wildman–Crippen MR) is 134 cm³/mol. The molecule has 206 valence electrons. The van der Waals surface area contributed by atoms with Crippen molar-refractivity contribution in [2.75, 3.05) is 6.61 Å². The number of hydrogen-bond acceptors (Lipinski definition) is 6. The summed E-state index contributed by atoms with van der Waals surface area (Å²) in [5.41, 5.74) is 0.562. The van der Waals surface area contributed by atoms with Crippen LogP contribution in [0.3, 0.4) is 0 Å². The van der Waals surface area contributed by atoms with Gasteiger partial charge >= 0.3 is 12.1 Å². The molecule has 0 fully saturated rings. The van der Waals surface area contributed by atoms with Crippen molar-refractivity contribution in [1.82, 2.24) is 14.8 Å². The molecule has 0 aliphatic carbocycles. The monoisotopic (exact) mass is 555 g/mol. The molecule has 8 nitrogen and oxygen atoms in total. The lowest BCUT2D eigenvalue weighted by Gasteiger charge is -2.16. The van der Waals surface area contributed by atoms with Crippen molar-refractivity contribution in [3.8, 4) is 23.3 Å². The summed E-state index contributed by atoms with van der Waals surface area (Å²) in [6.45, 7) is 6.56. The number of carbonyl (C=O) groups is 1. The lowest BCUT2D eigenvalue weighted by atomic mass is 10.1. The lowest BCUT2D eigenvalue weighted by Crippen LogP contribution is -2.07. The average molecular weight is 556 g/mol. The zero-order valence-electron chi connectivity index (χ0n) is 21.2. The van der Waals surface area contributed by atoms with Gasteiger partial charge in [0.2, 0.25) is 11.8 Å². The predicted octanol–water partition coefficient (Wildman–Crippen LogP) is 6.58. The van der Waals surface area contributed by atoms with Crippen LogP contribution in [0.25, 0.3) is 0 Å². The highest BCUT2D eigenvalue weighted by atomic mass is 35.5. The second-order valence-corrected chi connectivity index (χ2v) is 9.09. The number of nitrogens with zero attached hydrogens (tertiary/aromatic N) is 3. The van der Waals surface area contributed by atoms with Crippen molar-refractivity contribution in [1.29, 1.82) is 0 Å². The van der Waals surface area contributed by atoms with Crippen LogP contribution in [0.1, 0.15) is 50.4 Å². The normalized spacial score (nSPS) is 11.6. The van der Waals surface area contributed by atoms with Gasteiger partial charge in [0, 0.05) is 30.6 Å². The summed E-state index contributed by atoms with van der Waals surface area (Å²) in [5.74, 6) is 0.246. The summed E-state index contributed by atoms with van der Waals surface area (Å²) in [5, 5.41) is 13.0. The summed E-state index contributed by atoms with van der Waals surface area (Å²) in [6, 6.07) is 7.73. The third kappa shape index (κ3) is 8.27. The molecule has 0 radical (unpaired) electrons. The fourth-order valence-corrected chi connectivity index (χ4v) is 3.80.